The van der Waals surface area contributed by atoms with Crippen LogP contribution in [-0.4, -0.2) is 110 Å². The molecule has 0 aromatic carbocycles. The van der Waals surface area contributed by atoms with Crippen LogP contribution in [0.25, 0.3) is 0 Å². The van der Waals surface area contributed by atoms with Crippen LogP contribution in [0.15, 0.2) is 10.1 Å². The molecule has 0 aromatic heterocycles. The first-order valence-electron chi connectivity index (χ1n) is 18.4. The zero-order valence-corrected chi connectivity index (χ0v) is 30.5. The second kappa shape index (κ2) is 16.0. The topological polar surface area (TPSA) is 243 Å². The van der Waals surface area contributed by atoms with E-state index in [4.69, 9.17) is 16.0 Å². The Morgan fingerprint density at radius 2 is 1.69 bits per heavy atom. The number of amides is 5. The molecule has 5 rings (SSSR count). The molecule has 3 aliphatic carbocycles. The minimum Gasteiger partial charge on any atom is -0.368 e. The number of likely N-dealkylation sites (tertiary alicyclic amines) is 1. The first-order valence-corrected chi connectivity index (χ1v) is 20.4. The lowest BCUT2D eigenvalue weighted by molar-refractivity contribution is -0.144. The number of ketones is 1. The summed E-state index contributed by atoms with van der Waals surface area (Å²) in [5.41, 5.74) is 10.6. The van der Waals surface area contributed by atoms with Gasteiger partial charge >= 0.3 is 6.03 Å². The highest BCUT2D eigenvalue weighted by atomic mass is 32.2. The van der Waals surface area contributed by atoms with Crippen molar-refractivity contribution in [1.29, 1.82) is 5.53 Å². The molecule has 0 spiro atoms. The first-order chi connectivity index (χ1) is 24.1. The number of ether oxygens (including phenoxy) is 1. The Bertz CT molecular complexity index is 1490. The summed E-state index contributed by atoms with van der Waals surface area (Å²) in [4.78, 5) is 73.2. The second-order valence-electron chi connectivity index (χ2n) is 15.8. The highest BCUT2D eigenvalue weighted by molar-refractivity contribution is 7.90. The van der Waals surface area contributed by atoms with Crippen molar-refractivity contribution >= 4 is 45.7 Å². The number of nitrogens with zero attached hydrogens (tertiary/aromatic N) is 3. The van der Waals surface area contributed by atoms with Crippen LogP contribution in [0.2, 0.25) is 0 Å². The molecular formula is C34H54N8O8S. The average Bonchev–Trinajstić information content (AvgIpc) is 3.74. The lowest BCUT2D eigenvalue weighted by Gasteiger charge is -2.39. The van der Waals surface area contributed by atoms with Gasteiger partial charge in [0.15, 0.2) is 0 Å². The van der Waals surface area contributed by atoms with E-state index >= 15 is 0 Å². The van der Waals surface area contributed by atoms with Gasteiger partial charge in [0.1, 0.15) is 28.3 Å². The molecule has 0 radical (unpaired) electrons. The van der Waals surface area contributed by atoms with Crippen molar-refractivity contribution in [2.75, 3.05) is 25.1 Å². The van der Waals surface area contributed by atoms with Crippen molar-refractivity contribution < 1.29 is 37.1 Å². The minimum atomic E-state index is -3.43. The van der Waals surface area contributed by atoms with E-state index in [0.717, 1.165) is 64.0 Å². The number of carbonyl (C=O) groups excluding carboxylic acids is 5. The van der Waals surface area contributed by atoms with Gasteiger partial charge in [-0.3, -0.25) is 24.2 Å². The summed E-state index contributed by atoms with van der Waals surface area (Å²) in [6.45, 7) is 2.07. The van der Waals surface area contributed by atoms with Crippen molar-refractivity contribution in [3.63, 3.8) is 0 Å². The van der Waals surface area contributed by atoms with Crippen molar-refractivity contribution in [2.24, 2.45) is 33.6 Å². The minimum absolute atomic E-state index is 0.0469. The Kier molecular flexibility index (Phi) is 12.2. The largest absolute Gasteiger partial charge is 0.368 e. The van der Waals surface area contributed by atoms with E-state index < -0.39 is 80.7 Å². The number of sulfone groups is 1. The fourth-order valence-electron chi connectivity index (χ4n) is 8.93. The molecule has 5 fully saturated rings. The van der Waals surface area contributed by atoms with Crippen LogP contribution in [0.1, 0.15) is 96.8 Å². The monoisotopic (exact) mass is 734 g/mol. The fourth-order valence-corrected chi connectivity index (χ4v) is 10.3. The van der Waals surface area contributed by atoms with Gasteiger partial charge in [0, 0.05) is 18.7 Å². The summed E-state index contributed by atoms with van der Waals surface area (Å²) in [5, 5.41) is 11.8. The number of Topliss-reactive ketones (excluding diaryl/α,β-unsaturated/α-hetero) is 1. The maximum Gasteiger partial charge on any atom is 0.315 e. The van der Waals surface area contributed by atoms with E-state index in [9.17, 15) is 32.4 Å². The van der Waals surface area contributed by atoms with Crippen molar-refractivity contribution in [3.05, 3.63) is 0 Å². The Balaban J connectivity index is 1.42. The lowest BCUT2D eigenvalue weighted by Crippen LogP contribution is -2.62. The molecule has 2 heterocycles. The summed E-state index contributed by atoms with van der Waals surface area (Å²) < 4.78 is 31.3. The smallest absolute Gasteiger partial charge is 0.315 e. The van der Waals surface area contributed by atoms with Crippen molar-refractivity contribution in [2.45, 2.75) is 132 Å². The van der Waals surface area contributed by atoms with Crippen LogP contribution < -0.4 is 21.7 Å². The van der Waals surface area contributed by atoms with Gasteiger partial charge < -0.3 is 31.3 Å². The molecular weight excluding hydrogens is 680 g/mol. The third-order valence-electron chi connectivity index (χ3n) is 11.4. The van der Waals surface area contributed by atoms with Crippen LogP contribution in [0, 0.1) is 23.3 Å². The van der Waals surface area contributed by atoms with E-state index in [1.165, 1.54) is 4.90 Å². The summed E-state index contributed by atoms with van der Waals surface area (Å²) in [7, 11) is -3.43. The maximum absolute atomic E-state index is 14.8. The molecule has 2 aliphatic heterocycles. The molecule has 16 nitrogen and oxygen atoms in total. The van der Waals surface area contributed by atoms with Crippen LogP contribution in [0.4, 0.5) is 4.79 Å². The summed E-state index contributed by atoms with van der Waals surface area (Å²) in [6.07, 6.45) is 11.7. The Morgan fingerprint density at radius 3 is 2.29 bits per heavy atom. The van der Waals surface area contributed by atoms with Gasteiger partial charge in [-0.05, 0) is 57.3 Å². The molecule has 5 aliphatic rings. The molecule has 0 aromatic rings. The number of hydrogen-bond donors (Lipinski definition) is 5. The van der Waals surface area contributed by atoms with Gasteiger partial charge in [-0.2, -0.15) is 0 Å². The van der Waals surface area contributed by atoms with E-state index in [2.05, 4.69) is 26.1 Å². The summed E-state index contributed by atoms with van der Waals surface area (Å²) >= 11 is 0. The standard InChI is InChI=1S/C34H54N8O8S/c1-33(18-37-20-38-36)16-23-25(50-33)17-42(27(23)30(45)39-24(15-21-11-12-21)28(43)29(35)44)31(46)26(22-9-5-3-6-10-22)40-32(47)41-34(19-51(2,48)49)13-7-4-8-14-34/h20-27,36H,3-19H2,1-2H3,(H2,35,44)(H,39,45)(H2,40,41,47)/t23-,24?,25-,26-,27-,33-/m0/s1. The number of nitrogens with two attached hydrogens (primary N) is 1. The molecule has 6 atom stereocenters. The highest BCUT2D eigenvalue weighted by Crippen LogP contribution is 2.44. The zero-order valence-electron chi connectivity index (χ0n) is 29.7. The van der Waals surface area contributed by atoms with Crippen LogP contribution in [0.3, 0.4) is 0 Å². The van der Waals surface area contributed by atoms with Gasteiger partial charge in [-0.25, -0.2) is 18.7 Å². The quantitative estimate of drug-likeness (QED) is 0.0717. The Hall–Kier alpha value is -3.47. The SMILES string of the molecule is C[C@@]1(CN=CN=N)C[C@H]2[C@H](CN(C(=O)[C@@H](NC(=O)NC3(CS(C)(=O)=O)CCCCC3)C3CCCCC3)[C@@H]2C(=O)NC(CC2CC2)C(=O)C(N)=O)O1. The molecule has 1 unspecified atom stereocenters. The Morgan fingerprint density at radius 1 is 1.02 bits per heavy atom. The van der Waals surface area contributed by atoms with E-state index in [1.54, 1.807) is 0 Å². The maximum atomic E-state index is 14.8. The van der Waals surface area contributed by atoms with E-state index in [1.807, 2.05) is 6.92 Å². The predicted octanol–water partition coefficient (Wildman–Crippen LogP) is 1.76. The van der Waals surface area contributed by atoms with Gasteiger partial charge in [0.2, 0.25) is 17.6 Å². The number of nitrogens with one attached hydrogen (secondary N) is 4. The highest BCUT2D eigenvalue weighted by Gasteiger charge is 2.58. The third-order valence-corrected chi connectivity index (χ3v) is 12.4. The first kappa shape index (κ1) is 38.8. The number of fused-ring (bicyclic) bond motifs is 1. The molecule has 17 heteroatoms. The number of hydrogen-bond acceptors (Lipinski definition) is 10. The van der Waals surface area contributed by atoms with Crippen molar-refractivity contribution in [1.82, 2.24) is 20.9 Å². The molecule has 0 bridgehead atoms. The molecule has 51 heavy (non-hydrogen) atoms. The number of carbonyl (C=O) groups is 5. The van der Waals surface area contributed by atoms with Gasteiger partial charge in [-0.1, -0.05) is 51.4 Å². The van der Waals surface area contributed by atoms with E-state index in [0.29, 0.717) is 32.1 Å². The predicted molar refractivity (Wildman–Crippen MR) is 186 cm³/mol. The number of aliphatic imine (C=N–C) groups is 1. The van der Waals surface area contributed by atoms with Crippen LogP contribution in [0.5, 0.6) is 0 Å². The lowest BCUT2D eigenvalue weighted by atomic mass is 9.82. The Labute approximate surface area is 299 Å². The fraction of sp³-hybridized carbons (Fsp3) is 0.824. The molecule has 6 N–H and O–H groups in total. The van der Waals surface area contributed by atoms with Gasteiger partial charge in [0.05, 0.1) is 35.6 Å². The molecule has 3 saturated carbocycles. The number of rotatable bonds is 15. The van der Waals surface area contributed by atoms with Gasteiger partial charge in [0.25, 0.3) is 5.91 Å². The summed E-state index contributed by atoms with van der Waals surface area (Å²) in [5.74, 6) is -3.83. The normalized spacial score (nSPS) is 29.1. The van der Waals surface area contributed by atoms with Crippen LogP contribution in [-0.2, 0) is 33.8 Å². The van der Waals surface area contributed by atoms with Crippen LogP contribution >= 0.6 is 0 Å². The number of primary amides is 1. The van der Waals surface area contributed by atoms with E-state index in [-0.39, 0.29) is 37.1 Å². The number of urea groups is 1. The molecule has 2 saturated heterocycles. The summed E-state index contributed by atoms with van der Waals surface area (Å²) in [6, 6.07) is -3.83. The average molecular weight is 735 g/mol. The van der Waals surface area contributed by atoms with Gasteiger partial charge in [-0.15, -0.1) is 5.11 Å². The second-order valence-corrected chi connectivity index (χ2v) is 18.0. The zero-order chi connectivity index (χ0) is 37.0. The molecule has 284 valence electrons. The molecule has 5 amide bonds. The third kappa shape index (κ3) is 9.90. The van der Waals surface area contributed by atoms with Crippen molar-refractivity contribution in [3.8, 4) is 0 Å².